The van der Waals surface area contributed by atoms with E-state index in [1.54, 1.807) is 0 Å². The Morgan fingerprint density at radius 3 is 2.71 bits per heavy atom. The Hall–Kier alpha value is -2.04. The summed E-state index contributed by atoms with van der Waals surface area (Å²) < 4.78 is 12.7. The zero-order chi connectivity index (χ0) is 10.6. The Morgan fingerprint density at radius 2 is 2.14 bits per heavy atom. The molecular formula is C9H6FNO3. The Kier molecular flexibility index (Phi) is 3.06. The van der Waals surface area contributed by atoms with Crippen molar-refractivity contribution in [1.82, 2.24) is 0 Å². The number of nitro groups is 1. The maximum Gasteiger partial charge on any atom is 0.276 e. The second kappa shape index (κ2) is 4.27. The van der Waals surface area contributed by atoms with Crippen molar-refractivity contribution in [2.24, 2.45) is 0 Å². The van der Waals surface area contributed by atoms with Gasteiger partial charge in [0, 0.05) is 6.07 Å². The van der Waals surface area contributed by atoms with E-state index in [0.717, 1.165) is 24.3 Å². The van der Waals surface area contributed by atoms with E-state index in [4.69, 9.17) is 0 Å². The summed E-state index contributed by atoms with van der Waals surface area (Å²) in [5.74, 6) is -0.582. The first-order valence-electron chi connectivity index (χ1n) is 3.71. The van der Waals surface area contributed by atoms with E-state index in [0.29, 0.717) is 6.29 Å². The van der Waals surface area contributed by atoms with Gasteiger partial charge in [-0.05, 0) is 24.3 Å². The van der Waals surface area contributed by atoms with Crippen LogP contribution >= 0.6 is 0 Å². The van der Waals surface area contributed by atoms with Crippen LogP contribution in [-0.2, 0) is 4.79 Å². The van der Waals surface area contributed by atoms with Gasteiger partial charge < -0.3 is 0 Å². The van der Waals surface area contributed by atoms with E-state index < -0.39 is 10.7 Å². The van der Waals surface area contributed by atoms with Gasteiger partial charge in [0.25, 0.3) is 5.69 Å². The highest BCUT2D eigenvalue weighted by molar-refractivity contribution is 5.76. The second-order valence-corrected chi connectivity index (χ2v) is 2.46. The predicted molar refractivity (Wildman–Crippen MR) is 48.2 cm³/mol. The fourth-order valence-corrected chi connectivity index (χ4v) is 0.968. The van der Waals surface area contributed by atoms with Crippen LogP contribution in [0.25, 0.3) is 6.08 Å². The van der Waals surface area contributed by atoms with E-state index in [-0.39, 0.29) is 11.3 Å². The molecule has 0 aromatic heterocycles. The van der Waals surface area contributed by atoms with Crippen molar-refractivity contribution in [3.63, 3.8) is 0 Å². The van der Waals surface area contributed by atoms with Crippen LogP contribution in [-0.4, -0.2) is 11.2 Å². The van der Waals surface area contributed by atoms with Gasteiger partial charge >= 0.3 is 0 Å². The van der Waals surface area contributed by atoms with Gasteiger partial charge in [-0.25, -0.2) is 4.39 Å². The summed E-state index contributed by atoms with van der Waals surface area (Å²) in [7, 11) is 0. The number of nitrogens with zero attached hydrogens (tertiary/aromatic N) is 1. The molecule has 0 heterocycles. The third kappa shape index (κ3) is 2.22. The molecule has 0 spiro atoms. The van der Waals surface area contributed by atoms with Crippen molar-refractivity contribution < 1.29 is 14.1 Å². The lowest BCUT2D eigenvalue weighted by atomic mass is 10.1. The molecule has 0 N–H and O–H groups in total. The monoisotopic (exact) mass is 195 g/mol. The number of nitro benzene ring substituents is 1. The fourth-order valence-electron chi connectivity index (χ4n) is 0.968. The van der Waals surface area contributed by atoms with Crippen LogP contribution in [0.2, 0.25) is 0 Å². The van der Waals surface area contributed by atoms with Gasteiger partial charge in [0.15, 0.2) is 0 Å². The van der Waals surface area contributed by atoms with Crippen LogP contribution in [0.3, 0.4) is 0 Å². The average molecular weight is 195 g/mol. The lowest BCUT2D eigenvalue weighted by Crippen LogP contribution is -1.92. The zero-order valence-electron chi connectivity index (χ0n) is 7.01. The molecule has 0 radical (unpaired) electrons. The summed E-state index contributed by atoms with van der Waals surface area (Å²) in [5, 5.41) is 10.5. The van der Waals surface area contributed by atoms with Crippen LogP contribution in [0.15, 0.2) is 24.3 Å². The van der Waals surface area contributed by atoms with E-state index in [1.165, 1.54) is 6.08 Å². The minimum atomic E-state index is -0.635. The summed E-state index contributed by atoms with van der Waals surface area (Å²) in [6.45, 7) is 0. The number of allylic oxidation sites excluding steroid dienone is 1. The van der Waals surface area contributed by atoms with Gasteiger partial charge in [-0.2, -0.15) is 0 Å². The highest BCUT2D eigenvalue weighted by Gasteiger charge is 2.11. The molecule has 14 heavy (non-hydrogen) atoms. The smallest absolute Gasteiger partial charge is 0.276 e. The number of benzene rings is 1. The summed E-state index contributed by atoms with van der Waals surface area (Å²) in [5.41, 5.74) is -0.161. The molecule has 4 nitrogen and oxygen atoms in total. The van der Waals surface area contributed by atoms with Crippen molar-refractivity contribution in [2.45, 2.75) is 0 Å². The van der Waals surface area contributed by atoms with Gasteiger partial charge in [-0.3, -0.25) is 14.9 Å². The predicted octanol–water partition coefficient (Wildman–Crippen LogP) is 1.95. The van der Waals surface area contributed by atoms with Gasteiger partial charge in [0.2, 0.25) is 0 Å². The van der Waals surface area contributed by atoms with Crippen LogP contribution in [0, 0.1) is 15.9 Å². The Labute approximate surface area is 78.8 Å². The number of carbonyl (C=O) groups excluding carboxylic acids is 1. The van der Waals surface area contributed by atoms with Gasteiger partial charge in [-0.15, -0.1) is 0 Å². The first-order valence-corrected chi connectivity index (χ1v) is 3.71. The fraction of sp³-hybridized carbons (Fsp3) is 0. The van der Waals surface area contributed by atoms with Crippen molar-refractivity contribution in [3.05, 3.63) is 45.8 Å². The Morgan fingerprint density at radius 1 is 1.43 bits per heavy atom. The average Bonchev–Trinajstić information content (AvgIpc) is 2.14. The number of halogens is 1. The Balaban J connectivity index is 3.22. The number of hydrogen-bond acceptors (Lipinski definition) is 3. The molecule has 1 aromatic carbocycles. The van der Waals surface area contributed by atoms with E-state index >= 15 is 0 Å². The van der Waals surface area contributed by atoms with Crippen molar-refractivity contribution >= 4 is 18.0 Å². The normalized spacial score (nSPS) is 10.4. The highest BCUT2D eigenvalue weighted by Crippen LogP contribution is 2.20. The molecule has 0 aliphatic heterocycles. The summed E-state index contributed by atoms with van der Waals surface area (Å²) >= 11 is 0. The molecule has 5 heteroatoms. The Bertz CT molecular complexity index is 401. The molecule has 0 saturated carbocycles. The van der Waals surface area contributed by atoms with Crippen LogP contribution < -0.4 is 0 Å². The molecule has 0 amide bonds. The zero-order valence-corrected chi connectivity index (χ0v) is 7.01. The molecule has 1 rings (SSSR count). The number of hydrogen-bond donors (Lipinski definition) is 0. The van der Waals surface area contributed by atoms with Gasteiger partial charge in [0.05, 0.1) is 10.5 Å². The maximum atomic E-state index is 12.7. The first-order chi connectivity index (χ1) is 6.65. The summed E-state index contributed by atoms with van der Waals surface area (Å²) in [6, 6.07) is 3.05. The first kappa shape index (κ1) is 10.0. The lowest BCUT2D eigenvalue weighted by molar-refractivity contribution is -0.385. The molecule has 0 fully saturated rings. The molecule has 0 bridgehead atoms. The maximum absolute atomic E-state index is 12.7. The standard InChI is InChI=1S/C9H6FNO3/c10-8-3-4-9(11(13)14)7(6-8)2-1-5-12/h1-6H/b2-1+. The number of aldehydes is 1. The van der Waals surface area contributed by atoms with Gasteiger partial charge in [0.1, 0.15) is 12.1 Å². The van der Waals surface area contributed by atoms with Crippen LogP contribution in [0.1, 0.15) is 5.56 Å². The molecule has 0 atom stereocenters. The molecule has 0 aliphatic carbocycles. The highest BCUT2D eigenvalue weighted by atomic mass is 19.1. The van der Waals surface area contributed by atoms with E-state index in [1.807, 2.05) is 0 Å². The number of carbonyl (C=O) groups is 1. The van der Waals surface area contributed by atoms with Crippen LogP contribution in [0.4, 0.5) is 10.1 Å². The van der Waals surface area contributed by atoms with Crippen LogP contribution in [0.5, 0.6) is 0 Å². The molecule has 72 valence electrons. The molecule has 0 saturated heterocycles. The topological polar surface area (TPSA) is 60.2 Å². The summed E-state index contributed by atoms with van der Waals surface area (Å²) in [6.07, 6.45) is 2.73. The van der Waals surface area contributed by atoms with Gasteiger partial charge in [-0.1, -0.05) is 0 Å². The van der Waals surface area contributed by atoms with Crippen molar-refractivity contribution in [3.8, 4) is 0 Å². The molecule has 1 aromatic rings. The molecule has 0 aliphatic rings. The number of rotatable bonds is 3. The lowest BCUT2D eigenvalue weighted by Gasteiger charge is -1.96. The third-order valence-electron chi connectivity index (χ3n) is 1.54. The third-order valence-corrected chi connectivity index (χ3v) is 1.54. The minimum absolute atomic E-state index is 0.0714. The van der Waals surface area contributed by atoms with E-state index in [2.05, 4.69) is 0 Å². The largest absolute Gasteiger partial charge is 0.299 e. The van der Waals surface area contributed by atoms with E-state index in [9.17, 15) is 19.3 Å². The van der Waals surface area contributed by atoms with Crippen molar-refractivity contribution in [1.29, 1.82) is 0 Å². The minimum Gasteiger partial charge on any atom is -0.299 e. The quantitative estimate of drug-likeness (QED) is 0.320. The molecule has 0 unspecified atom stereocenters. The summed E-state index contributed by atoms with van der Waals surface area (Å²) in [4.78, 5) is 19.8. The van der Waals surface area contributed by atoms with Crippen molar-refractivity contribution in [2.75, 3.05) is 0 Å². The molecular weight excluding hydrogens is 189 g/mol. The SMILES string of the molecule is O=C/C=C/c1cc(F)ccc1[N+](=O)[O-]. The second-order valence-electron chi connectivity index (χ2n) is 2.46.